The second-order valence-electron chi connectivity index (χ2n) is 3.94. The molecule has 1 unspecified atom stereocenters. The van der Waals surface area contributed by atoms with E-state index in [2.05, 4.69) is 0 Å². The van der Waals surface area contributed by atoms with E-state index in [1.54, 1.807) is 12.1 Å². The molecule has 0 bridgehead atoms. The van der Waals surface area contributed by atoms with Crippen molar-refractivity contribution in [1.29, 1.82) is 0 Å². The molecule has 2 rings (SSSR count). The van der Waals surface area contributed by atoms with Crippen LogP contribution in [0, 0.1) is 0 Å². The maximum Gasteiger partial charge on any atom is 0.338 e. The third-order valence-corrected chi connectivity index (χ3v) is 4.10. The monoisotopic (exact) mass is 344 g/mol. The Morgan fingerprint density at radius 2 is 2.00 bits per heavy atom. The maximum atomic E-state index is 11.7. The number of esters is 1. The maximum absolute atomic E-state index is 11.7. The van der Waals surface area contributed by atoms with Crippen LogP contribution in [-0.2, 0) is 15.3 Å². The fourth-order valence-corrected chi connectivity index (χ4v) is 2.76. The fraction of sp³-hybridized carbons (Fsp3) is 0.308. The lowest BCUT2D eigenvalue weighted by Crippen LogP contribution is -2.26. The topological polar surface area (TPSA) is 46.5 Å². The first-order chi connectivity index (χ1) is 8.09. The first kappa shape index (κ1) is 12.6. The van der Waals surface area contributed by atoms with Gasteiger partial charge in [0.25, 0.3) is 5.79 Å². The third-order valence-electron chi connectivity index (χ3n) is 2.71. The summed E-state index contributed by atoms with van der Waals surface area (Å²) in [6, 6.07) is 8.97. The number of hydrogen-bond donors (Lipinski definition) is 1. The van der Waals surface area contributed by atoms with Gasteiger partial charge in [0.2, 0.25) is 0 Å². The highest BCUT2D eigenvalue weighted by molar-refractivity contribution is 14.1. The zero-order valence-electron chi connectivity index (χ0n) is 9.44. The Morgan fingerprint density at radius 3 is 2.59 bits per heavy atom. The molecule has 90 valence electrons. The van der Waals surface area contributed by atoms with Crippen LogP contribution in [0.3, 0.4) is 0 Å². The number of aliphatic hydroxyl groups is 1. The molecular formula is C13H13IO3. The molecule has 3 nitrogen and oxygen atoms in total. The van der Waals surface area contributed by atoms with Gasteiger partial charge in [-0.1, -0.05) is 43.7 Å². The van der Waals surface area contributed by atoms with Gasteiger partial charge >= 0.3 is 5.97 Å². The first-order valence-electron chi connectivity index (χ1n) is 5.50. The molecule has 0 spiro atoms. The Kier molecular flexibility index (Phi) is 3.53. The predicted octanol–water partition coefficient (Wildman–Crippen LogP) is 2.88. The lowest BCUT2D eigenvalue weighted by atomic mass is 10.0. The number of benzene rings is 1. The lowest BCUT2D eigenvalue weighted by molar-refractivity contribution is -0.182. The molecule has 1 N–H and O–H groups in total. The summed E-state index contributed by atoms with van der Waals surface area (Å²) < 4.78 is 5.72. The first-order valence-corrected chi connectivity index (χ1v) is 6.58. The Morgan fingerprint density at radius 1 is 1.35 bits per heavy atom. The van der Waals surface area contributed by atoms with Gasteiger partial charge in [-0.3, -0.25) is 0 Å². The van der Waals surface area contributed by atoms with E-state index in [0.717, 1.165) is 6.42 Å². The molecule has 1 heterocycles. The van der Waals surface area contributed by atoms with E-state index in [-0.39, 0.29) is 0 Å². The van der Waals surface area contributed by atoms with Crippen molar-refractivity contribution in [1.82, 2.24) is 0 Å². The van der Waals surface area contributed by atoms with Crippen LogP contribution in [0.2, 0.25) is 0 Å². The molecule has 0 saturated carbocycles. The van der Waals surface area contributed by atoms with Gasteiger partial charge in [0.1, 0.15) is 0 Å². The number of carbonyl (C=O) groups is 1. The summed E-state index contributed by atoms with van der Waals surface area (Å²) in [7, 11) is 0. The minimum atomic E-state index is -1.59. The largest absolute Gasteiger partial charge is 0.420 e. The normalized spacial score (nSPS) is 24.1. The zero-order valence-corrected chi connectivity index (χ0v) is 11.6. The van der Waals surface area contributed by atoms with Gasteiger partial charge in [-0.15, -0.1) is 0 Å². The highest BCUT2D eigenvalue weighted by Gasteiger charge is 2.46. The SMILES string of the molecule is CCCC1=C(I)C(O)(c2ccccc2)OC1=O. The molecule has 1 aromatic carbocycles. The second kappa shape index (κ2) is 4.78. The van der Waals surface area contributed by atoms with Crippen LogP contribution >= 0.6 is 22.6 Å². The van der Waals surface area contributed by atoms with E-state index in [1.165, 1.54) is 0 Å². The molecular weight excluding hydrogens is 331 g/mol. The van der Waals surface area contributed by atoms with Crippen LogP contribution in [-0.4, -0.2) is 11.1 Å². The van der Waals surface area contributed by atoms with Crippen LogP contribution in [0.5, 0.6) is 0 Å². The number of rotatable bonds is 3. The molecule has 0 radical (unpaired) electrons. The third kappa shape index (κ3) is 2.11. The Labute approximate surface area is 114 Å². The van der Waals surface area contributed by atoms with Gasteiger partial charge < -0.3 is 9.84 Å². The van der Waals surface area contributed by atoms with Crippen LogP contribution in [0.4, 0.5) is 0 Å². The number of carbonyl (C=O) groups excluding carboxylic acids is 1. The van der Waals surface area contributed by atoms with Crippen molar-refractivity contribution in [3.8, 4) is 0 Å². The van der Waals surface area contributed by atoms with Crippen molar-refractivity contribution in [3.05, 3.63) is 45.0 Å². The molecule has 0 saturated heterocycles. The van der Waals surface area contributed by atoms with E-state index in [0.29, 0.717) is 21.1 Å². The van der Waals surface area contributed by atoms with E-state index in [9.17, 15) is 9.90 Å². The number of cyclic esters (lactones) is 1. The van der Waals surface area contributed by atoms with E-state index in [4.69, 9.17) is 4.74 Å². The van der Waals surface area contributed by atoms with Crippen molar-refractivity contribution >= 4 is 28.6 Å². The summed E-state index contributed by atoms with van der Waals surface area (Å²) in [5.74, 6) is -2.01. The minimum Gasteiger partial charge on any atom is -0.420 e. The van der Waals surface area contributed by atoms with E-state index >= 15 is 0 Å². The minimum absolute atomic E-state index is 0.414. The molecule has 1 aliphatic rings. The Hall–Kier alpha value is -0.880. The summed E-state index contributed by atoms with van der Waals surface area (Å²) >= 11 is 2.00. The number of hydrogen-bond acceptors (Lipinski definition) is 3. The summed E-state index contributed by atoms with van der Waals surface area (Å²) in [5.41, 5.74) is 1.17. The number of ether oxygens (including phenoxy) is 1. The summed E-state index contributed by atoms with van der Waals surface area (Å²) in [4.78, 5) is 11.7. The quantitative estimate of drug-likeness (QED) is 0.678. The van der Waals surface area contributed by atoms with Crippen LogP contribution in [0.1, 0.15) is 25.3 Å². The summed E-state index contributed by atoms with van der Waals surface area (Å²) in [6.07, 6.45) is 1.48. The van der Waals surface area contributed by atoms with Gasteiger partial charge in [-0.25, -0.2) is 4.79 Å². The van der Waals surface area contributed by atoms with Crippen molar-refractivity contribution in [3.63, 3.8) is 0 Å². The van der Waals surface area contributed by atoms with Gasteiger partial charge in [0.05, 0.1) is 9.15 Å². The lowest BCUT2D eigenvalue weighted by Gasteiger charge is -2.22. The van der Waals surface area contributed by atoms with Crippen LogP contribution < -0.4 is 0 Å². The molecule has 1 aliphatic heterocycles. The predicted molar refractivity (Wildman–Crippen MR) is 72.4 cm³/mol. The summed E-state index contributed by atoms with van der Waals surface area (Å²) in [5, 5.41) is 10.5. The van der Waals surface area contributed by atoms with E-state index < -0.39 is 11.8 Å². The average molecular weight is 344 g/mol. The molecule has 17 heavy (non-hydrogen) atoms. The van der Waals surface area contributed by atoms with Crippen LogP contribution in [0.15, 0.2) is 39.5 Å². The van der Waals surface area contributed by atoms with Gasteiger partial charge in [-0.05, 0) is 29.0 Å². The molecule has 0 aromatic heterocycles. The standard InChI is InChI=1S/C13H13IO3/c1-2-6-10-11(14)13(16,17-12(10)15)9-7-4-3-5-8-9/h3-5,7-8,16H,2,6H2,1H3. The van der Waals surface area contributed by atoms with Crippen molar-refractivity contribution in [2.24, 2.45) is 0 Å². The van der Waals surface area contributed by atoms with E-state index in [1.807, 2.05) is 47.7 Å². The Balaban J connectivity index is 2.44. The van der Waals surface area contributed by atoms with Gasteiger partial charge in [0.15, 0.2) is 0 Å². The van der Waals surface area contributed by atoms with Crippen LogP contribution in [0.25, 0.3) is 0 Å². The zero-order chi connectivity index (χ0) is 12.5. The molecule has 4 heteroatoms. The van der Waals surface area contributed by atoms with Crippen molar-refractivity contribution in [2.45, 2.75) is 25.6 Å². The van der Waals surface area contributed by atoms with Gasteiger partial charge in [0, 0.05) is 5.56 Å². The molecule has 0 amide bonds. The molecule has 1 aromatic rings. The average Bonchev–Trinajstić information content (AvgIpc) is 2.56. The second-order valence-corrected chi connectivity index (χ2v) is 5.02. The highest BCUT2D eigenvalue weighted by Crippen LogP contribution is 2.43. The van der Waals surface area contributed by atoms with Crippen molar-refractivity contribution < 1.29 is 14.6 Å². The number of halogens is 1. The summed E-state index contributed by atoms with van der Waals surface area (Å²) in [6.45, 7) is 1.99. The fourth-order valence-electron chi connectivity index (χ4n) is 1.85. The molecule has 0 fully saturated rings. The molecule has 1 atom stereocenters. The molecule has 0 aliphatic carbocycles. The van der Waals surface area contributed by atoms with Gasteiger partial charge in [-0.2, -0.15) is 0 Å². The smallest absolute Gasteiger partial charge is 0.338 e. The van der Waals surface area contributed by atoms with Crippen molar-refractivity contribution in [2.75, 3.05) is 0 Å². The Bertz CT molecular complexity index is 467. The highest BCUT2D eigenvalue weighted by atomic mass is 127.